The number of hydrogen-bond donors (Lipinski definition) is 0. The third-order valence-electron chi connectivity index (χ3n) is 9.05. The Morgan fingerprint density at radius 3 is 1.42 bits per heavy atom. The Kier molecular flexibility index (Phi) is 12.4. The quantitative estimate of drug-likeness (QED) is 0.0697. The molecule has 0 bridgehead atoms. The van der Waals surface area contributed by atoms with Gasteiger partial charge in [-0.15, -0.1) is 0 Å². The minimum atomic E-state index is -0.764. The van der Waals surface area contributed by atoms with Crippen molar-refractivity contribution in [2.45, 2.75) is 11.5 Å². The van der Waals surface area contributed by atoms with E-state index in [0.29, 0.717) is 59.4 Å². The maximum atomic E-state index is 12.7. The maximum absolute atomic E-state index is 12.7. The summed E-state index contributed by atoms with van der Waals surface area (Å²) in [6.07, 6.45) is -0.360. The summed E-state index contributed by atoms with van der Waals surface area (Å²) in [5, 5.41) is 0. The average molecular weight is 672 g/mol. The normalized spacial score (nSPS) is 12.3. The van der Waals surface area contributed by atoms with Crippen molar-refractivity contribution in [1.82, 2.24) is 4.90 Å². The summed E-state index contributed by atoms with van der Waals surface area (Å²) in [6, 6.07) is 47.6. The summed E-state index contributed by atoms with van der Waals surface area (Å²) in [6.45, 7) is 3.71. The lowest BCUT2D eigenvalue weighted by atomic mass is 9.80. The first-order valence-corrected chi connectivity index (χ1v) is 17.3. The molecule has 0 fully saturated rings. The molecule has 1 aliphatic rings. The Hall–Kier alpha value is -4.79. The predicted molar refractivity (Wildman–Crippen MR) is 195 cm³/mol. The lowest BCUT2D eigenvalue weighted by Crippen LogP contribution is -2.34. The molecule has 5 aromatic carbocycles. The first-order valence-electron chi connectivity index (χ1n) is 17.3. The van der Waals surface area contributed by atoms with Gasteiger partial charge >= 0.3 is 6.09 Å². The summed E-state index contributed by atoms with van der Waals surface area (Å²) in [4.78, 5) is 14.3. The van der Waals surface area contributed by atoms with Crippen molar-refractivity contribution in [2.24, 2.45) is 0 Å². The fraction of sp³-hybridized carbons (Fsp3) is 0.279. The fourth-order valence-corrected chi connectivity index (χ4v) is 6.56. The average Bonchev–Trinajstić information content (AvgIpc) is 3.50. The zero-order valence-electron chi connectivity index (χ0n) is 28.6. The lowest BCUT2D eigenvalue weighted by molar-refractivity contribution is -0.0371. The molecule has 0 spiro atoms. The molecule has 258 valence electrons. The van der Waals surface area contributed by atoms with E-state index < -0.39 is 5.60 Å². The van der Waals surface area contributed by atoms with E-state index in [1.165, 1.54) is 22.3 Å². The molecule has 0 aromatic heterocycles. The highest BCUT2D eigenvalue weighted by molar-refractivity contribution is 5.79. The summed E-state index contributed by atoms with van der Waals surface area (Å²) in [5.41, 5.74) is 7.23. The number of amides is 1. The van der Waals surface area contributed by atoms with Gasteiger partial charge in [-0.25, -0.2) is 4.79 Å². The van der Waals surface area contributed by atoms with Crippen molar-refractivity contribution in [1.29, 1.82) is 0 Å². The van der Waals surface area contributed by atoms with Crippen LogP contribution < -0.4 is 0 Å². The van der Waals surface area contributed by atoms with E-state index in [0.717, 1.165) is 16.7 Å². The van der Waals surface area contributed by atoms with Crippen molar-refractivity contribution in [3.8, 4) is 11.1 Å². The van der Waals surface area contributed by atoms with Crippen LogP contribution in [0.4, 0.5) is 4.79 Å². The van der Waals surface area contributed by atoms with E-state index in [1.807, 2.05) is 78.9 Å². The van der Waals surface area contributed by atoms with Crippen LogP contribution in [0.1, 0.15) is 33.7 Å². The zero-order valence-corrected chi connectivity index (χ0v) is 28.6. The molecule has 0 N–H and O–H groups in total. The lowest BCUT2D eigenvalue weighted by Gasteiger charge is -2.36. The minimum absolute atomic E-state index is 0.0380. The van der Waals surface area contributed by atoms with Gasteiger partial charge in [0, 0.05) is 19.5 Å². The summed E-state index contributed by atoms with van der Waals surface area (Å²) < 4.78 is 29.7. The Balaban J connectivity index is 0.862. The number of fused-ring (bicyclic) bond motifs is 3. The fourth-order valence-electron chi connectivity index (χ4n) is 6.56. The molecular weight excluding hydrogens is 626 g/mol. The molecule has 0 atom stereocenters. The number of nitrogens with zero attached hydrogens (tertiary/aromatic N) is 1. The van der Waals surface area contributed by atoms with Crippen LogP contribution in [0.25, 0.3) is 11.1 Å². The van der Waals surface area contributed by atoms with Crippen LogP contribution in [0, 0.1) is 0 Å². The Morgan fingerprint density at radius 1 is 0.540 bits per heavy atom. The number of carbonyl (C=O) groups excluding carboxylic acids is 1. The van der Waals surface area contributed by atoms with E-state index in [9.17, 15) is 4.79 Å². The van der Waals surface area contributed by atoms with E-state index in [1.54, 1.807) is 11.9 Å². The highest BCUT2D eigenvalue weighted by atomic mass is 16.6. The van der Waals surface area contributed by atoms with E-state index in [-0.39, 0.29) is 12.0 Å². The first-order chi connectivity index (χ1) is 24.7. The summed E-state index contributed by atoms with van der Waals surface area (Å²) in [5.74, 6) is 0.0380. The molecule has 0 aliphatic heterocycles. The van der Waals surface area contributed by atoms with Gasteiger partial charge in [-0.1, -0.05) is 140 Å². The van der Waals surface area contributed by atoms with Crippen LogP contribution in [-0.2, 0) is 29.3 Å². The van der Waals surface area contributed by atoms with Crippen molar-refractivity contribution >= 4 is 6.09 Å². The van der Waals surface area contributed by atoms with Crippen LogP contribution in [0.5, 0.6) is 0 Å². The van der Waals surface area contributed by atoms with Gasteiger partial charge in [0.15, 0.2) is 0 Å². The Morgan fingerprint density at radius 2 is 0.940 bits per heavy atom. The largest absolute Gasteiger partial charge is 0.448 e. The van der Waals surface area contributed by atoms with Crippen molar-refractivity contribution in [2.75, 3.05) is 66.4 Å². The predicted octanol–water partition coefficient (Wildman–Crippen LogP) is 7.93. The molecule has 0 heterocycles. The molecule has 0 saturated carbocycles. The highest BCUT2D eigenvalue weighted by Crippen LogP contribution is 2.44. The number of likely N-dealkylation sites (N-methyl/N-ethyl adjacent to an activating group) is 1. The van der Waals surface area contributed by atoms with E-state index in [2.05, 4.69) is 60.7 Å². The van der Waals surface area contributed by atoms with Crippen molar-refractivity contribution in [3.63, 3.8) is 0 Å². The third kappa shape index (κ3) is 8.32. The summed E-state index contributed by atoms with van der Waals surface area (Å²) >= 11 is 0. The van der Waals surface area contributed by atoms with Crippen LogP contribution >= 0.6 is 0 Å². The molecule has 5 aromatic rings. The maximum Gasteiger partial charge on any atom is 0.409 e. The molecule has 7 nitrogen and oxygen atoms in total. The molecule has 0 saturated heterocycles. The second kappa shape index (κ2) is 17.7. The molecule has 7 heteroatoms. The van der Waals surface area contributed by atoms with Crippen molar-refractivity contribution < 1.29 is 28.5 Å². The van der Waals surface area contributed by atoms with Crippen LogP contribution in [0.15, 0.2) is 140 Å². The molecule has 1 aliphatic carbocycles. The molecular formula is C43H45NO6. The number of carbonyl (C=O) groups is 1. The van der Waals surface area contributed by atoms with E-state index >= 15 is 0 Å². The van der Waals surface area contributed by atoms with Gasteiger partial charge in [-0.3, -0.25) is 0 Å². The molecule has 0 unspecified atom stereocenters. The van der Waals surface area contributed by atoms with Gasteiger partial charge in [0.05, 0.1) is 46.2 Å². The topological polar surface area (TPSA) is 66.5 Å². The smallest absolute Gasteiger partial charge is 0.409 e. The Bertz CT molecular complexity index is 1620. The third-order valence-corrected chi connectivity index (χ3v) is 9.05. The molecule has 1 amide bonds. The van der Waals surface area contributed by atoms with Crippen LogP contribution in [0.2, 0.25) is 0 Å². The number of rotatable bonds is 18. The number of benzene rings is 5. The zero-order chi connectivity index (χ0) is 34.4. The van der Waals surface area contributed by atoms with Crippen LogP contribution in [0.3, 0.4) is 0 Å². The molecule has 6 rings (SSSR count). The van der Waals surface area contributed by atoms with Gasteiger partial charge in [-0.2, -0.15) is 0 Å². The first kappa shape index (κ1) is 35.1. The van der Waals surface area contributed by atoms with Gasteiger partial charge in [0.2, 0.25) is 0 Å². The Labute approximate surface area is 295 Å². The van der Waals surface area contributed by atoms with Crippen LogP contribution in [-0.4, -0.2) is 77.4 Å². The summed E-state index contributed by atoms with van der Waals surface area (Å²) in [7, 11) is 1.73. The second-order valence-electron chi connectivity index (χ2n) is 12.2. The SMILES string of the molecule is CN(CCOCCOCCOCCOC(c1ccccc1)(c1ccccc1)c1ccccc1)C(=O)OCC1c2ccccc2-c2ccccc21. The monoisotopic (exact) mass is 671 g/mol. The van der Waals surface area contributed by atoms with Gasteiger partial charge in [0.1, 0.15) is 12.2 Å². The van der Waals surface area contributed by atoms with Gasteiger partial charge < -0.3 is 28.6 Å². The standard InChI is InChI=1S/C43H45NO6/c1-44(42(45)49-33-41-39-23-13-11-21-37(39)38-22-12-14-24-40(38)41)25-26-46-27-28-47-29-30-48-31-32-50-43(34-15-5-2-6-16-34,35-17-7-3-8-18-35)36-19-9-4-10-20-36/h2-24,41H,25-33H2,1H3. The van der Waals surface area contributed by atoms with Gasteiger partial charge in [0.25, 0.3) is 0 Å². The molecule has 0 radical (unpaired) electrons. The minimum Gasteiger partial charge on any atom is -0.448 e. The van der Waals surface area contributed by atoms with Crippen molar-refractivity contribution in [3.05, 3.63) is 167 Å². The van der Waals surface area contributed by atoms with E-state index in [4.69, 9.17) is 23.7 Å². The van der Waals surface area contributed by atoms with Gasteiger partial charge in [-0.05, 0) is 38.9 Å². The second-order valence-corrected chi connectivity index (χ2v) is 12.2. The number of ether oxygens (including phenoxy) is 5. The number of hydrogen-bond acceptors (Lipinski definition) is 6. The highest BCUT2D eigenvalue weighted by Gasteiger charge is 2.37. The molecule has 50 heavy (non-hydrogen) atoms.